The number of fused-ring (bicyclic) bond motifs is 4. The molecule has 0 aromatic heterocycles. The number of benzene rings is 11. The molecule has 4 atom stereocenters. The Morgan fingerprint density at radius 1 is 0.310 bits per heavy atom. The number of hydrogen-bond donors (Lipinski definition) is 2. The van der Waals surface area contributed by atoms with Gasteiger partial charge in [0.1, 0.15) is 45.6 Å². The van der Waals surface area contributed by atoms with Crippen molar-refractivity contribution >= 4 is 107 Å². The SMILES string of the molecule is [CH2-][N+]1=C2C(c3ccccc3)=C3c4cc5ccccc5cc4C(=C(c4ccccc4)C4=[N+]([CH2-])C(=C(c5ccccc5)C5=c6cc7ccccc7cc6=C(C(c6ccccc6)=C1c1cc6ccccc6cc12)[NH+]5[CH2-])C1C=c2ccccc2=CC41)[NH+]3[CH2-]. The van der Waals surface area contributed by atoms with Crippen molar-refractivity contribution in [2.45, 2.75) is 0 Å². The number of quaternary nitrogens is 2. The predicted molar refractivity (Wildman–Crippen MR) is 346 cm³/mol. The van der Waals surface area contributed by atoms with E-state index in [-0.39, 0.29) is 11.8 Å². The van der Waals surface area contributed by atoms with Gasteiger partial charge in [0.2, 0.25) is 0 Å². The number of nitrogens with one attached hydrogen (secondary N) is 2. The lowest BCUT2D eigenvalue weighted by molar-refractivity contribution is -0.684. The Morgan fingerprint density at radius 2 is 0.667 bits per heavy atom. The number of nitrogens with zero attached hydrogens (tertiary/aromatic N) is 2. The maximum atomic E-state index is 5.40. The molecule has 0 saturated heterocycles. The van der Waals surface area contributed by atoms with Crippen molar-refractivity contribution in [1.29, 1.82) is 0 Å². The fourth-order valence-corrected chi connectivity index (χ4v) is 15.0. The smallest absolute Gasteiger partial charge is 0.126 e. The fourth-order valence-electron chi connectivity index (χ4n) is 15.0. The molecule has 4 unspecified atom stereocenters. The lowest BCUT2D eigenvalue weighted by atomic mass is 9.78. The molecule has 0 radical (unpaired) electrons. The maximum Gasteiger partial charge on any atom is 0.126 e. The Bertz CT molecular complexity index is 5210. The third-order valence-electron chi connectivity index (χ3n) is 18.5. The van der Waals surface area contributed by atoms with Crippen LogP contribution in [-0.4, -0.2) is 20.6 Å². The fraction of sp³-hybridized carbons (Fsp3) is 0.0250. The van der Waals surface area contributed by atoms with Gasteiger partial charge in [-0.1, -0.05) is 243 Å². The van der Waals surface area contributed by atoms with Crippen LogP contribution in [0, 0.1) is 40.0 Å². The Morgan fingerprint density at radius 3 is 1.17 bits per heavy atom. The molecule has 8 bridgehead atoms. The summed E-state index contributed by atoms with van der Waals surface area (Å²) in [6, 6.07) is 93.9. The molecule has 84 heavy (non-hydrogen) atoms. The first-order chi connectivity index (χ1) is 41.4. The molecule has 396 valence electrons. The quantitative estimate of drug-likeness (QED) is 0.129. The van der Waals surface area contributed by atoms with E-state index in [0.717, 1.165) is 165 Å². The van der Waals surface area contributed by atoms with Gasteiger partial charge < -0.3 is 19.0 Å². The van der Waals surface area contributed by atoms with Crippen LogP contribution in [0.15, 0.2) is 260 Å². The molecule has 17 rings (SSSR count). The van der Waals surface area contributed by atoms with Gasteiger partial charge in [-0.05, 0) is 100 Å². The van der Waals surface area contributed by atoms with Gasteiger partial charge >= 0.3 is 0 Å². The van der Waals surface area contributed by atoms with Crippen LogP contribution >= 0.6 is 0 Å². The van der Waals surface area contributed by atoms with Crippen molar-refractivity contribution in [1.82, 2.24) is 0 Å². The Labute approximate surface area is 488 Å². The first-order valence-electron chi connectivity index (χ1n) is 29.1. The van der Waals surface area contributed by atoms with Gasteiger partial charge in [-0.25, -0.2) is 0 Å². The highest BCUT2D eigenvalue weighted by molar-refractivity contribution is 6.39. The van der Waals surface area contributed by atoms with E-state index >= 15 is 0 Å². The van der Waals surface area contributed by atoms with Crippen molar-refractivity contribution in [2.24, 2.45) is 11.8 Å². The molecular formula is C80H56N4. The second kappa shape index (κ2) is 18.6. The van der Waals surface area contributed by atoms with E-state index in [9.17, 15) is 0 Å². The van der Waals surface area contributed by atoms with Gasteiger partial charge in [-0.3, -0.25) is 0 Å². The molecule has 0 saturated carbocycles. The van der Waals surface area contributed by atoms with Crippen molar-refractivity contribution in [3.8, 4) is 0 Å². The zero-order chi connectivity index (χ0) is 55.9. The lowest BCUT2D eigenvalue weighted by Crippen LogP contribution is -3.01. The van der Waals surface area contributed by atoms with E-state index < -0.39 is 0 Å². The van der Waals surface area contributed by atoms with Gasteiger partial charge in [-0.15, -0.1) is 14.1 Å². The number of allylic oxidation sites excluding steroid dienone is 3. The van der Waals surface area contributed by atoms with E-state index in [2.05, 4.69) is 276 Å². The van der Waals surface area contributed by atoms with Gasteiger partial charge in [0.05, 0.1) is 22.3 Å². The van der Waals surface area contributed by atoms with Gasteiger partial charge in [-0.2, -0.15) is 0 Å². The molecule has 4 heteroatoms. The second-order valence-corrected chi connectivity index (χ2v) is 23.0. The van der Waals surface area contributed by atoms with Crippen molar-refractivity contribution < 1.29 is 19.0 Å². The van der Waals surface area contributed by atoms with E-state index in [1.807, 2.05) is 0 Å². The van der Waals surface area contributed by atoms with E-state index in [4.69, 9.17) is 28.2 Å². The molecule has 0 fully saturated rings. The highest BCUT2D eigenvalue weighted by atomic mass is 15.2. The highest BCUT2D eigenvalue weighted by Crippen LogP contribution is 2.49. The molecule has 4 nitrogen and oxygen atoms in total. The largest absolute Gasteiger partial charge is 0.401 e. The number of rotatable bonds is 4. The summed E-state index contributed by atoms with van der Waals surface area (Å²) in [5.74, 6) is -0.277. The summed E-state index contributed by atoms with van der Waals surface area (Å²) in [7, 11) is 21.5. The van der Waals surface area contributed by atoms with Gasteiger partial charge in [0.15, 0.2) is 0 Å². The molecule has 6 aliphatic rings. The van der Waals surface area contributed by atoms with Crippen LogP contribution in [0.3, 0.4) is 0 Å². The molecule has 0 amide bonds. The average Bonchev–Trinajstić information content (AvgIpc) is 1.97. The minimum absolute atomic E-state index is 0.138. The summed E-state index contributed by atoms with van der Waals surface area (Å²) in [5.41, 5.74) is 21.7. The molecule has 2 N–H and O–H groups in total. The summed E-state index contributed by atoms with van der Waals surface area (Å²) in [6.45, 7) is 0. The van der Waals surface area contributed by atoms with E-state index in [1.54, 1.807) is 0 Å². The van der Waals surface area contributed by atoms with E-state index in [1.165, 1.54) is 10.4 Å². The molecule has 0 spiro atoms. The van der Waals surface area contributed by atoms with Crippen molar-refractivity contribution in [2.75, 3.05) is 0 Å². The summed E-state index contributed by atoms with van der Waals surface area (Å²) < 4.78 is 4.63. The topological polar surface area (TPSA) is 14.9 Å². The molecule has 4 aliphatic heterocycles. The summed E-state index contributed by atoms with van der Waals surface area (Å²) >= 11 is 0. The first kappa shape index (κ1) is 48.4. The minimum atomic E-state index is -0.138. The zero-order valence-corrected chi connectivity index (χ0v) is 46.3. The molecule has 2 aliphatic carbocycles. The summed E-state index contributed by atoms with van der Waals surface area (Å²) in [4.78, 5) is 1.90. The molecular weight excluding hydrogens is 1020 g/mol. The van der Waals surface area contributed by atoms with Crippen molar-refractivity contribution in [3.05, 3.63) is 354 Å². The van der Waals surface area contributed by atoms with Crippen LogP contribution in [0.5, 0.6) is 0 Å². The van der Waals surface area contributed by atoms with Crippen molar-refractivity contribution in [3.63, 3.8) is 0 Å². The highest BCUT2D eigenvalue weighted by Gasteiger charge is 2.48. The lowest BCUT2D eigenvalue weighted by Gasteiger charge is -2.29. The van der Waals surface area contributed by atoms with Gasteiger partial charge in [0, 0.05) is 47.5 Å². The monoisotopic (exact) mass is 1070 g/mol. The third-order valence-corrected chi connectivity index (χ3v) is 18.5. The zero-order valence-electron chi connectivity index (χ0n) is 46.3. The summed E-state index contributed by atoms with van der Waals surface area (Å²) in [6.07, 6.45) is 5.04. The maximum absolute atomic E-state index is 5.40. The molecule has 4 heterocycles. The normalized spacial score (nSPS) is 19.5. The van der Waals surface area contributed by atoms with Crippen LogP contribution in [0.4, 0.5) is 0 Å². The Kier molecular flexibility index (Phi) is 10.7. The molecule has 11 aromatic rings. The average molecular weight is 1070 g/mol. The standard InChI is InChI=1S/C80H56N4/c1-81-73-61-41-53-33-17-18-34-54(53)42-62(61)74(81)70(50-27-11-6-12-28-50)76-64-44-56-36-20-22-38-58(56)46-66(64)78(83(76)3)72(52-31-15-8-16-32-52)80-68-48-60-40-24-23-39-59(60)47-67(68)79(84(80)4)71(51-29-13-7-14-30-51)77-65-45-57-37-21-19-35-55(57)43-63(65)75(82(77)2)69(73)49-25-9-5-10-26-49/h5-48,61-62,82-83H,1-4H2. The predicted octanol–water partition coefficient (Wildman–Crippen LogP) is 11.5. The van der Waals surface area contributed by atoms with Crippen LogP contribution in [-0.2, 0) is 0 Å². The Hall–Kier alpha value is -10.4. The Balaban J connectivity index is 1.17. The summed E-state index contributed by atoms with van der Waals surface area (Å²) in [5, 5.41) is 11.6. The molecule has 11 aromatic carbocycles. The first-order valence-corrected chi connectivity index (χ1v) is 29.1. The number of hydrogen-bond acceptors (Lipinski definition) is 0. The third kappa shape index (κ3) is 7.02. The second-order valence-electron chi connectivity index (χ2n) is 23.0. The van der Waals surface area contributed by atoms with Crippen LogP contribution in [0.25, 0.3) is 95.2 Å². The van der Waals surface area contributed by atoms with E-state index in [0.29, 0.717) is 0 Å². The van der Waals surface area contributed by atoms with Crippen LogP contribution in [0.1, 0.15) is 44.5 Å². The van der Waals surface area contributed by atoms with Crippen LogP contribution < -0.4 is 30.7 Å². The van der Waals surface area contributed by atoms with Gasteiger partial charge in [0.25, 0.3) is 0 Å². The minimum Gasteiger partial charge on any atom is -0.401 e. The van der Waals surface area contributed by atoms with Crippen LogP contribution in [0.2, 0.25) is 0 Å².